The van der Waals surface area contributed by atoms with Crippen LogP contribution in [0.2, 0.25) is 0 Å². The lowest BCUT2D eigenvalue weighted by atomic mass is 10.0. The van der Waals surface area contributed by atoms with Crippen LogP contribution in [0.1, 0.15) is 21.5 Å². The molecular formula is C25H21N3O3S. The number of hydrogen-bond donors (Lipinski definition) is 0. The summed E-state index contributed by atoms with van der Waals surface area (Å²) in [7, 11) is 0. The van der Waals surface area contributed by atoms with Gasteiger partial charge in [-0.25, -0.2) is 4.98 Å². The quantitative estimate of drug-likeness (QED) is 0.151. The van der Waals surface area contributed by atoms with Gasteiger partial charge in [0.1, 0.15) is 0 Å². The van der Waals surface area contributed by atoms with Gasteiger partial charge in [-0.05, 0) is 31.5 Å². The lowest BCUT2D eigenvalue weighted by Crippen LogP contribution is -2.06. The summed E-state index contributed by atoms with van der Waals surface area (Å²) in [4.78, 5) is 28.2. The molecule has 0 bridgehead atoms. The molecule has 7 heteroatoms. The first-order chi connectivity index (χ1) is 15.4. The third-order valence-corrected chi connectivity index (χ3v) is 6.05. The van der Waals surface area contributed by atoms with Crippen molar-refractivity contribution in [1.29, 1.82) is 0 Å². The number of carbonyl (C=O) groups excluding carboxylic acids is 1. The van der Waals surface area contributed by atoms with Gasteiger partial charge < -0.3 is 0 Å². The molecule has 1 aromatic heterocycles. The number of nitro benzene ring substituents is 1. The number of nitro groups is 1. The van der Waals surface area contributed by atoms with E-state index in [9.17, 15) is 14.9 Å². The SMILES string of the molecule is Cc1ccc(C(=O)CSc2nc(-c3ccccc3)cn2-c2ccc([N+](=O)[O-])cc2)c(C)c1. The summed E-state index contributed by atoms with van der Waals surface area (Å²) in [5.74, 6) is 0.272. The highest BCUT2D eigenvalue weighted by Gasteiger charge is 2.16. The highest BCUT2D eigenvalue weighted by atomic mass is 32.2. The number of non-ortho nitro benzene ring substituents is 1. The highest BCUT2D eigenvalue weighted by Crippen LogP contribution is 2.29. The average Bonchev–Trinajstić information content (AvgIpc) is 3.22. The van der Waals surface area contributed by atoms with Crippen molar-refractivity contribution in [3.63, 3.8) is 0 Å². The van der Waals surface area contributed by atoms with E-state index in [1.54, 1.807) is 12.1 Å². The smallest absolute Gasteiger partial charge is 0.269 e. The van der Waals surface area contributed by atoms with E-state index in [1.807, 2.05) is 73.1 Å². The van der Waals surface area contributed by atoms with Crippen molar-refractivity contribution < 1.29 is 9.72 Å². The number of nitrogens with zero attached hydrogens (tertiary/aromatic N) is 3. The molecule has 0 unspecified atom stereocenters. The number of Topliss-reactive ketones (excluding diaryl/α,β-unsaturated/α-hetero) is 1. The van der Waals surface area contributed by atoms with Crippen molar-refractivity contribution in [2.24, 2.45) is 0 Å². The number of hydrogen-bond acceptors (Lipinski definition) is 5. The molecule has 1 heterocycles. The highest BCUT2D eigenvalue weighted by molar-refractivity contribution is 7.99. The molecule has 0 aliphatic heterocycles. The van der Waals surface area contributed by atoms with Crippen molar-refractivity contribution in [2.75, 3.05) is 5.75 Å². The Hall–Kier alpha value is -3.71. The molecule has 0 saturated heterocycles. The fraction of sp³-hybridized carbons (Fsp3) is 0.120. The standard InChI is InChI=1S/C25H21N3O3S/c1-17-8-13-22(18(2)14-17)24(29)16-32-25-26-23(19-6-4-3-5-7-19)15-27(25)20-9-11-21(12-10-20)28(30)31/h3-15H,16H2,1-2H3. The van der Waals surface area contributed by atoms with Gasteiger partial charge in [-0.3, -0.25) is 19.5 Å². The van der Waals surface area contributed by atoms with Gasteiger partial charge in [0.15, 0.2) is 10.9 Å². The van der Waals surface area contributed by atoms with Crippen LogP contribution in [0.4, 0.5) is 5.69 Å². The van der Waals surface area contributed by atoms with Crippen molar-refractivity contribution in [3.8, 4) is 16.9 Å². The zero-order valence-electron chi connectivity index (χ0n) is 17.7. The van der Waals surface area contributed by atoms with Crippen molar-refractivity contribution in [3.05, 3.63) is 106 Å². The fourth-order valence-electron chi connectivity index (χ4n) is 3.47. The molecular weight excluding hydrogens is 422 g/mol. The molecule has 0 N–H and O–H groups in total. The third kappa shape index (κ3) is 4.63. The van der Waals surface area contributed by atoms with E-state index in [1.165, 1.54) is 23.9 Å². The molecule has 160 valence electrons. The Bertz CT molecular complexity index is 1280. The minimum absolute atomic E-state index is 0.0244. The summed E-state index contributed by atoms with van der Waals surface area (Å²) in [6, 6.07) is 21.9. The molecule has 0 atom stereocenters. The Labute approximate surface area is 190 Å². The van der Waals surface area contributed by atoms with Gasteiger partial charge in [-0.2, -0.15) is 0 Å². The first-order valence-electron chi connectivity index (χ1n) is 10.1. The monoisotopic (exact) mass is 443 g/mol. The van der Waals surface area contributed by atoms with E-state index >= 15 is 0 Å². The van der Waals surface area contributed by atoms with Gasteiger partial charge in [0.25, 0.3) is 5.69 Å². The summed E-state index contributed by atoms with van der Waals surface area (Å²) >= 11 is 1.35. The molecule has 0 fully saturated rings. The molecule has 0 spiro atoms. The lowest BCUT2D eigenvalue weighted by molar-refractivity contribution is -0.384. The number of aryl methyl sites for hydroxylation is 2. The Balaban J connectivity index is 1.65. The molecule has 32 heavy (non-hydrogen) atoms. The molecule has 0 amide bonds. The Morgan fingerprint density at radius 2 is 1.75 bits per heavy atom. The minimum Gasteiger partial charge on any atom is -0.294 e. The Morgan fingerprint density at radius 3 is 2.41 bits per heavy atom. The van der Waals surface area contributed by atoms with Gasteiger partial charge in [0.05, 0.1) is 16.4 Å². The number of thioether (sulfide) groups is 1. The number of carbonyl (C=O) groups is 1. The molecule has 4 rings (SSSR count). The molecule has 6 nitrogen and oxygen atoms in total. The number of rotatable bonds is 7. The maximum Gasteiger partial charge on any atom is 0.269 e. The maximum atomic E-state index is 12.9. The van der Waals surface area contributed by atoms with E-state index in [2.05, 4.69) is 0 Å². The number of benzene rings is 3. The number of aromatic nitrogens is 2. The zero-order valence-corrected chi connectivity index (χ0v) is 18.5. The van der Waals surface area contributed by atoms with Crippen LogP contribution in [0.5, 0.6) is 0 Å². The van der Waals surface area contributed by atoms with Crippen LogP contribution in [0, 0.1) is 24.0 Å². The fourth-order valence-corrected chi connectivity index (χ4v) is 4.34. The van der Waals surface area contributed by atoms with Crippen molar-refractivity contribution in [1.82, 2.24) is 9.55 Å². The second-order valence-electron chi connectivity index (χ2n) is 7.45. The van der Waals surface area contributed by atoms with Crippen LogP contribution in [0.3, 0.4) is 0 Å². The molecule has 3 aromatic carbocycles. The third-order valence-electron chi connectivity index (χ3n) is 5.10. The van der Waals surface area contributed by atoms with Crippen LogP contribution >= 0.6 is 11.8 Å². The predicted octanol–water partition coefficient (Wildman–Crippen LogP) is 6.04. The van der Waals surface area contributed by atoms with E-state index in [4.69, 9.17) is 4.98 Å². The number of imidazole rings is 1. The number of ketones is 1. The van der Waals surface area contributed by atoms with Crippen molar-refractivity contribution >= 4 is 23.2 Å². The molecule has 0 saturated carbocycles. The van der Waals surface area contributed by atoms with Gasteiger partial charge in [0, 0.05) is 35.1 Å². The predicted molar refractivity (Wildman–Crippen MR) is 127 cm³/mol. The lowest BCUT2D eigenvalue weighted by Gasteiger charge is -2.08. The van der Waals surface area contributed by atoms with Gasteiger partial charge in [-0.15, -0.1) is 0 Å². The second-order valence-corrected chi connectivity index (χ2v) is 8.39. The van der Waals surface area contributed by atoms with E-state index in [0.29, 0.717) is 10.7 Å². The zero-order chi connectivity index (χ0) is 22.7. The van der Waals surface area contributed by atoms with Gasteiger partial charge >= 0.3 is 0 Å². The van der Waals surface area contributed by atoms with Crippen LogP contribution in [-0.2, 0) is 0 Å². The van der Waals surface area contributed by atoms with Crippen LogP contribution < -0.4 is 0 Å². The largest absolute Gasteiger partial charge is 0.294 e. The summed E-state index contributed by atoms with van der Waals surface area (Å²) in [5.41, 5.74) is 5.27. The van der Waals surface area contributed by atoms with E-state index < -0.39 is 4.92 Å². The summed E-state index contributed by atoms with van der Waals surface area (Å²) < 4.78 is 1.87. The second kappa shape index (κ2) is 9.20. The Morgan fingerprint density at radius 1 is 1.03 bits per heavy atom. The maximum absolute atomic E-state index is 12.9. The van der Waals surface area contributed by atoms with Crippen molar-refractivity contribution in [2.45, 2.75) is 19.0 Å². The summed E-state index contributed by atoms with van der Waals surface area (Å²) in [6.45, 7) is 3.94. The molecule has 0 radical (unpaired) electrons. The van der Waals surface area contributed by atoms with Crippen LogP contribution in [0.15, 0.2) is 84.1 Å². The summed E-state index contributed by atoms with van der Waals surface area (Å²) in [5, 5.41) is 11.7. The van der Waals surface area contributed by atoms with E-state index in [0.717, 1.165) is 28.1 Å². The minimum atomic E-state index is -0.425. The average molecular weight is 444 g/mol. The van der Waals surface area contributed by atoms with Crippen LogP contribution in [0.25, 0.3) is 16.9 Å². The van der Waals surface area contributed by atoms with E-state index in [-0.39, 0.29) is 17.2 Å². The van der Waals surface area contributed by atoms with Gasteiger partial charge in [-0.1, -0.05) is 65.9 Å². The molecule has 0 aliphatic carbocycles. The topological polar surface area (TPSA) is 78.0 Å². The van der Waals surface area contributed by atoms with Crippen LogP contribution in [-0.4, -0.2) is 26.0 Å². The first-order valence-corrected chi connectivity index (χ1v) is 11.0. The first kappa shape index (κ1) is 21.5. The molecule has 0 aliphatic rings. The normalized spacial score (nSPS) is 10.8. The Kier molecular flexibility index (Phi) is 6.18. The van der Waals surface area contributed by atoms with Gasteiger partial charge in [0.2, 0.25) is 0 Å². The summed E-state index contributed by atoms with van der Waals surface area (Å²) in [6.07, 6.45) is 1.89. The molecule has 4 aromatic rings.